The first-order valence-corrected chi connectivity index (χ1v) is 13.6. The Kier molecular flexibility index (Phi) is 8.00. The number of aliphatic hydroxyl groups is 1. The van der Waals surface area contributed by atoms with Crippen molar-refractivity contribution in [1.82, 2.24) is 9.80 Å². The topological polar surface area (TPSA) is 88.5 Å². The number of Topliss-reactive ketones (excluding diaryl/α,β-unsaturated/α-hetero) is 1. The fourth-order valence-corrected chi connectivity index (χ4v) is 5.36. The van der Waals surface area contributed by atoms with Crippen molar-refractivity contribution in [2.45, 2.75) is 45.3 Å². The van der Waals surface area contributed by atoms with Crippen LogP contribution in [0.25, 0.3) is 5.76 Å². The molecule has 0 bridgehead atoms. The number of hydrogen-bond donors (Lipinski definition) is 1. The van der Waals surface area contributed by atoms with Gasteiger partial charge in [0, 0.05) is 38.2 Å². The lowest BCUT2D eigenvalue weighted by molar-refractivity contribution is -0.140. The van der Waals surface area contributed by atoms with E-state index in [1.807, 2.05) is 43.3 Å². The molecule has 8 nitrogen and oxygen atoms in total. The summed E-state index contributed by atoms with van der Waals surface area (Å²) in [6, 6.07) is 12.2. The molecule has 2 atom stereocenters. The summed E-state index contributed by atoms with van der Waals surface area (Å²) in [6.07, 6.45) is 2.74. The number of hydrogen-bond acceptors (Lipinski definition) is 7. The summed E-state index contributed by atoms with van der Waals surface area (Å²) in [5, 5.41) is 11.5. The number of carbonyl (C=O) groups is 2. The summed E-state index contributed by atoms with van der Waals surface area (Å²) in [7, 11) is 0. The molecule has 38 heavy (non-hydrogen) atoms. The summed E-state index contributed by atoms with van der Waals surface area (Å²) in [5.74, 6) is 0.0332. The minimum absolute atomic E-state index is 0.0589. The Morgan fingerprint density at radius 3 is 2.71 bits per heavy atom. The average molecular weight is 521 g/mol. The van der Waals surface area contributed by atoms with Gasteiger partial charge in [-0.15, -0.1) is 0 Å². The molecule has 0 radical (unpaired) electrons. The normalized spacial score (nSPS) is 22.9. The first-order valence-electron chi connectivity index (χ1n) is 13.6. The fraction of sp³-hybridized carbons (Fsp3) is 0.467. The van der Waals surface area contributed by atoms with Crippen molar-refractivity contribution in [3.63, 3.8) is 0 Å². The minimum atomic E-state index is -0.714. The number of rotatable bonds is 9. The van der Waals surface area contributed by atoms with Crippen molar-refractivity contribution in [3.8, 4) is 11.5 Å². The van der Waals surface area contributed by atoms with E-state index in [0.29, 0.717) is 44.2 Å². The average Bonchev–Trinajstić information content (AvgIpc) is 3.43. The number of unbranched alkanes of at least 4 members (excludes halogenated alkanes) is 1. The SMILES string of the molecule is CCCCOc1cccc([C@H]2/C(=C(\O)c3ccc4c(c3)C[C@@H](C)O4)C(=O)C(=O)N2CCN2CCOCC2)c1. The molecule has 1 amide bonds. The van der Waals surface area contributed by atoms with Crippen molar-refractivity contribution >= 4 is 17.4 Å². The van der Waals surface area contributed by atoms with Crippen LogP contribution in [-0.2, 0) is 20.7 Å². The fourth-order valence-electron chi connectivity index (χ4n) is 5.36. The van der Waals surface area contributed by atoms with Gasteiger partial charge in [-0.1, -0.05) is 25.5 Å². The highest BCUT2D eigenvalue weighted by Gasteiger charge is 2.46. The van der Waals surface area contributed by atoms with Crippen LogP contribution >= 0.6 is 0 Å². The number of benzene rings is 2. The van der Waals surface area contributed by atoms with Crippen LogP contribution in [0.5, 0.6) is 11.5 Å². The molecule has 8 heteroatoms. The van der Waals surface area contributed by atoms with E-state index in [9.17, 15) is 14.7 Å². The molecule has 202 valence electrons. The van der Waals surface area contributed by atoms with E-state index in [-0.39, 0.29) is 17.4 Å². The zero-order valence-corrected chi connectivity index (χ0v) is 22.2. The van der Waals surface area contributed by atoms with E-state index in [1.165, 1.54) is 0 Å². The van der Waals surface area contributed by atoms with Crippen LogP contribution in [0, 0.1) is 0 Å². The second kappa shape index (κ2) is 11.6. The van der Waals surface area contributed by atoms with E-state index in [0.717, 1.165) is 49.2 Å². The van der Waals surface area contributed by atoms with Crippen LogP contribution in [-0.4, -0.2) is 78.7 Å². The van der Waals surface area contributed by atoms with Gasteiger partial charge in [-0.2, -0.15) is 0 Å². The smallest absolute Gasteiger partial charge is 0.295 e. The van der Waals surface area contributed by atoms with Gasteiger partial charge in [0.2, 0.25) is 0 Å². The minimum Gasteiger partial charge on any atom is -0.507 e. The molecule has 2 aromatic rings. The Labute approximate surface area is 223 Å². The van der Waals surface area contributed by atoms with Gasteiger partial charge in [-0.05, 0) is 54.8 Å². The Balaban J connectivity index is 1.51. The number of morpholine rings is 1. The van der Waals surface area contributed by atoms with Crippen LogP contribution in [0.4, 0.5) is 0 Å². The van der Waals surface area contributed by atoms with Crippen LogP contribution in [0.1, 0.15) is 49.4 Å². The number of ether oxygens (including phenoxy) is 3. The van der Waals surface area contributed by atoms with Gasteiger partial charge in [-0.25, -0.2) is 0 Å². The maximum atomic E-state index is 13.4. The summed E-state index contributed by atoms with van der Waals surface area (Å²) in [4.78, 5) is 30.6. The molecule has 0 unspecified atom stereocenters. The van der Waals surface area contributed by atoms with Gasteiger partial charge >= 0.3 is 0 Å². The van der Waals surface area contributed by atoms with Crippen molar-refractivity contribution in [2.75, 3.05) is 46.0 Å². The number of ketones is 1. The zero-order chi connectivity index (χ0) is 26.6. The van der Waals surface area contributed by atoms with Gasteiger partial charge in [0.05, 0.1) is 31.4 Å². The van der Waals surface area contributed by atoms with Crippen molar-refractivity contribution in [3.05, 3.63) is 64.7 Å². The lowest BCUT2D eigenvalue weighted by Crippen LogP contribution is -2.42. The third-order valence-electron chi connectivity index (χ3n) is 7.41. The number of carbonyl (C=O) groups excluding carboxylic acids is 2. The molecule has 2 saturated heterocycles. The molecule has 3 heterocycles. The number of nitrogens with zero attached hydrogens (tertiary/aromatic N) is 2. The van der Waals surface area contributed by atoms with E-state index in [4.69, 9.17) is 14.2 Å². The van der Waals surface area contributed by atoms with Gasteiger partial charge in [0.15, 0.2) is 0 Å². The molecular formula is C30H36N2O6. The highest BCUT2D eigenvalue weighted by molar-refractivity contribution is 6.46. The molecule has 2 aromatic carbocycles. The van der Waals surface area contributed by atoms with Crippen LogP contribution in [0.2, 0.25) is 0 Å². The molecule has 1 N–H and O–H groups in total. The summed E-state index contributed by atoms with van der Waals surface area (Å²) in [6.45, 7) is 8.54. The standard InChI is InChI=1S/C30H36N2O6/c1-3-4-14-37-24-7-5-6-21(19-24)27-26(28(33)22-8-9-25-23(18-22)17-20(2)38-25)29(34)30(35)32(27)11-10-31-12-15-36-16-13-31/h5-9,18-20,27,33H,3-4,10-17H2,1-2H3/b28-26+/t20-,27+/m1/s1. The maximum Gasteiger partial charge on any atom is 0.295 e. The molecule has 5 rings (SSSR count). The number of likely N-dealkylation sites (tertiary alicyclic amines) is 1. The second-order valence-electron chi connectivity index (χ2n) is 10.2. The van der Waals surface area contributed by atoms with E-state index in [1.54, 1.807) is 11.0 Å². The molecule has 0 aromatic heterocycles. The quantitative estimate of drug-likeness (QED) is 0.232. The van der Waals surface area contributed by atoms with Gasteiger partial charge in [-0.3, -0.25) is 14.5 Å². The first kappa shape index (κ1) is 26.3. The number of fused-ring (bicyclic) bond motifs is 1. The lowest BCUT2D eigenvalue weighted by Gasteiger charge is -2.31. The highest BCUT2D eigenvalue weighted by Crippen LogP contribution is 2.41. The summed E-state index contributed by atoms with van der Waals surface area (Å²) >= 11 is 0. The van der Waals surface area contributed by atoms with E-state index in [2.05, 4.69) is 11.8 Å². The molecule has 0 spiro atoms. The third kappa shape index (κ3) is 5.42. The van der Waals surface area contributed by atoms with Crippen molar-refractivity contribution in [1.29, 1.82) is 0 Å². The van der Waals surface area contributed by atoms with Crippen molar-refractivity contribution < 1.29 is 28.9 Å². The van der Waals surface area contributed by atoms with Gasteiger partial charge < -0.3 is 24.2 Å². The van der Waals surface area contributed by atoms with Crippen LogP contribution < -0.4 is 9.47 Å². The first-order chi connectivity index (χ1) is 18.5. The highest BCUT2D eigenvalue weighted by atomic mass is 16.5. The Bertz CT molecular complexity index is 1220. The number of amides is 1. The predicted molar refractivity (Wildman–Crippen MR) is 143 cm³/mol. The van der Waals surface area contributed by atoms with Gasteiger partial charge in [0.1, 0.15) is 23.4 Å². The monoisotopic (exact) mass is 520 g/mol. The largest absolute Gasteiger partial charge is 0.507 e. The molecular weight excluding hydrogens is 484 g/mol. The van der Waals surface area contributed by atoms with Crippen LogP contribution in [0.3, 0.4) is 0 Å². The Morgan fingerprint density at radius 2 is 1.92 bits per heavy atom. The van der Waals surface area contributed by atoms with E-state index < -0.39 is 17.7 Å². The summed E-state index contributed by atoms with van der Waals surface area (Å²) in [5.41, 5.74) is 2.33. The zero-order valence-electron chi connectivity index (χ0n) is 22.2. The number of aliphatic hydroxyl groups excluding tert-OH is 1. The second-order valence-corrected chi connectivity index (χ2v) is 10.2. The molecule has 3 aliphatic heterocycles. The maximum absolute atomic E-state index is 13.4. The van der Waals surface area contributed by atoms with Crippen LogP contribution in [0.15, 0.2) is 48.0 Å². The summed E-state index contributed by atoms with van der Waals surface area (Å²) < 4.78 is 17.2. The molecule has 2 fully saturated rings. The molecule has 0 saturated carbocycles. The van der Waals surface area contributed by atoms with Crippen molar-refractivity contribution in [2.24, 2.45) is 0 Å². The molecule has 3 aliphatic rings. The Morgan fingerprint density at radius 1 is 1.11 bits per heavy atom. The van der Waals surface area contributed by atoms with E-state index >= 15 is 0 Å². The lowest BCUT2D eigenvalue weighted by atomic mass is 9.94. The van der Waals surface area contributed by atoms with Gasteiger partial charge in [0.25, 0.3) is 11.7 Å². The predicted octanol–water partition coefficient (Wildman–Crippen LogP) is 3.94. The third-order valence-corrected chi connectivity index (χ3v) is 7.41. The molecule has 0 aliphatic carbocycles. The Hall–Kier alpha value is -3.36.